The summed E-state index contributed by atoms with van der Waals surface area (Å²) >= 11 is 1.87. The van der Waals surface area contributed by atoms with E-state index >= 15 is 0 Å². The number of benzene rings is 1. The maximum absolute atomic E-state index is 4.76. The molecule has 1 aromatic carbocycles. The van der Waals surface area contributed by atoms with Crippen LogP contribution in [0.4, 0.5) is 0 Å². The van der Waals surface area contributed by atoms with E-state index in [0.29, 0.717) is 5.92 Å². The minimum atomic E-state index is 0.542. The summed E-state index contributed by atoms with van der Waals surface area (Å²) in [7, 11) is 0. The summed E-state index contributed by atoms with van der Waals surface area (Å²) in [5.74, 6) is 0.542. The molecule has 0 amide bonds. The molecular formula is C15H18N2S. The van der Waals surface area contributed by atoms with Gasteiger partial charge in [0.05, 0.1) is 5.69 Å². The van der Waals surface area contributed by atoms with Gasteiger partial charge in [0, 0.05) is 17.3 Å². The number of aryl methyl sites for hydroxylation is 1. The van der Waals surface area contributed by atoms with E-state index in [-0.39, 0.29) is 0 Å². The number of hydrogen-bond acceptors (Lipinski definition) is 3. The maximum atomic E-state index is 4.76. The van der Waals surface area contributed by atoms with Gasteiger partial charge in [0.2, 0.25) is 0 Å². The molecular weight excluding hydrogens is 240 g/mol. The Kier molecular flexibility index (Phi) is 3.18. The van der Waals surface area contributed by atoms with Crippen LogP contribution < -0.4 is 5.32 Å². The Morgan fingerprint density at radius 3 is 3.00 bits per heavy atom. The van der Waals surface area contributed by atoms with Crippen molar-refractivity contribution in [3.05, 3.63) is 51.0 Å². The fourth-order valence-corrected chi connectivity index (χ4v) is 3.64. The van der Waals surface area contributed by atoms with Crippen molar-refractivity contribution in [2.45, 2.75) is 32.7 Å². The lowest BCUT2D eigenvalue weighted by Gasteiger charge is -2.28. The summed E-state index contributed by atoms with van der Waals surface area (Å²) in [5, 5.41) is 4.67. The van der Waals surface area contributed by atoms with Crippen LogP contribution in [0.3, 0.4) is 0 Å². The van der Waals surface area contributed by atoms with Crippen molar-refractivity contribution >= 4 is 11.3 Å². The zero-order valence-corrected chi connectivity index (χ0v) is 11.7. The van der Waals surface area contributed by atoms with Crippen LogP contribution >= 0.6 is 11.3 Å². The normalized spacial score (nSPS) is 17.3. The average molecular weight is 258 g/mol. The van der Waals surface area contributed by atoms with Crippen molar-refractivity contribution < 1.29 is 0 Å². The highest BCUT2D eigenvalue weighted by molar-refractivity contribution is 7.11. The van der Waals surface area contributed by atoms with Gasteiger partial charge in [-0.3, -0.25) is 0 Å². The summed E-state index contributed by atoms with van der Waals surface area (Å²) in [6, 6.07) is 8.72. The van der Waals surface area contributed by atoms with E-state index in [9.17, 15) is 0 Å². The Labute approximate surface area is 112 Å². The molecule has 3 rings (SSSR count). The lowest BCUT2D eigenvalue weighted by Crippen LogP contribution is -2.17. The van der Waals surface area contributed by atoms with E-state index in [2.05, 4.69) is 43.4 Å². The van der Waals surface area contributed by atoms with Crippen LogP contribution in [-0.4, -0.2) is 11.5 Å². The monoisotopic (exact) mass is 258 g/mol. The first kappa shape index (κ1) is 11.9. The Hall–Kier alpha value is -1.19. The molecule has 3 heteroatoms. The molecule has 0 bridgehead atoms. The molecule has 1 heterocycles. The van der Waals surface area contributed by atoms with Gasteiger partial charge in [-0.2, -0.15) is 0 Å². The summed E-state index contributed by atoms with van der Waals surface area (Å²) in [5.41, 5.74) is 4.16. The SMILES string of the molecule is CCNCc1sc(C2Cc3ccccc32)nc1C. The Balaban J connectivity index is 1.83. The molecule has 0 saturated heterocycles. The fraction of sp³-hybridized carbons (Fsp3) is 0.400. The van der Waals surface area contributed by atoms with Crippen LogP contribution in [0.5, 0.6) is 0 Å². The lowest BCUT2D eigenvalue weighted by atomic mass is 9.78. The summed E-state index contributed by atoms with van der Waals surface area (Å²) in [4.78, 5) is 6.15. The summed E-state index contributed by atoms with van der Waals surface area (Å²) in [6.45, 7) is 6.23. The maximum Gasteiger partial charge on any atom is 0.101 e. The van der Waals surface area contributed by atoms with E-state index in [1.807, 2.05) is 11.3 Å². The molecule has 1 atom stereocenters. The van der Waals surface area contributed by atoms with E-state index in [1.165, 1.54) is 26.7 Å². The first-order chi connectivity index (χ1) is 8.79. The molecule has 0 spiro atoms. The molecule has 18 heavy (non-hydrogen) atoms. The van der Waals surface area contributed by atoms with Gasteiger partial charge in [0.1, 0.15) is 5.01 Å². The van der Waals surface area contributed by atoms with Crippen LogP contribution in [0.1, 0.15) is 39.5 Å². The molecule has 1 aliphatic rings. The van der Waals surface area contributed by atoms with Crippen LogP contribution in [0.2, 0.25) is 0 Å². The van der Waals surface area contributed by atoms with Crippen molar-refractivity contribution in [2.75, 3.05) is 6.54 Å². The predicted molar refractivity (Wildman–Crippen MR) is 76.2 cm³/mol. The predicted octanol–water partition coefficient (Wildman–Crippen LogP) is 3.25. The second-order valence-corrected chi connectivity index (χ2v) is 5.91. The summed E-state index contributed by atoms with van der Waals surface area (Å²) < 4.78 is 0. The van der Waals surface area contributed by atoms with E-state index < -0.39 is 0 Å². The molecule has 0 radical (unpaired) electrons. The van der Waals surface area contributed by atoms with Crippen molar-refractivity contribution in [2.24, 2.45) is 0 Å². The molecule has 0 aliphatic heterocycles. The second-order valence-electron chi connectivity index (χ2n) is 4.80. The smallest absolute Gasteiger partial charge is 0.101 e. The van der Waals surface area contributed by atoms with Gasteiger partial charge in [-0.1, -0.05) is 31.2 Å². The highest BCUT2D eigenvalue weighted by Gasteiger charge is 2.29. The van der Waals surface area contributed by atoms with Gasteiger partial charge in [-0.25, -0.2) is 4.98 Å². The minimum absolute atomic E-state index is 0.542. The van der Waals surface area contributed by atoms with Crippen LogP contribution in [0.15, 0.2) is 24.3 Å². The number of nitrogens with one attached hydrogen (secondary N) is 1. The number of rotatable bonds is 4. The zero-order valence-electron chi connectivity index (χ0n) is 10.9. The third-order valence-electron chi connectivity index (χ3n) is 3.60. The highest BCUT2D eigenvalue weighted by Crippen LogP contribution is 2.41. The van der Waals surface area contributed by atoms with Crippen molar-refractivity contribution in [3.63, 3.8) is 0 Å². The number of fused-ring (bicyclic) bond motifs is 1. The van der Waals surface area contributed by atoms with Crippen LogP contribution in [0.25, 0.3) is 0 Å². The molecule has 1 aromatic heterocycles. The van der Waals surface area contributed by atoms with E-state index in [4.69, 9.17) is 4.98 Å². The molecule has 0 saturated carbocycles. The van der Waals surface area contributed by atoms with Gasteiger partial charge in [-0.05, 0) is 31.0 Å². The average Bonchev–Trinajstić information content (AvgIpc) is 2.69. The van der Waals surface area contributed by atoms with Gasteiger partial charge in [0.15, 0.2) is 0 Å². The first-order valence-electron chi connectivity index (χ1n) is 6.54. The molecule has 1 aliphatic carbocycles. The van der Waals surface area contributed by atoms with Gasteiger partial charge < -0.3 is 5.32 Å². The number of nitrogens with zero attached hydrogens (tertiary/aromatic N) is 1. The lowest BCUT2D eigenvalue weighted by molar-refractivity contribution is 0.699. The molecule has 1 N–H and O–H groups in total. The van der Waals surface area contributed by atoms with E-state index in [0.717, 1.165) is 19.5 Å². The first-order valence-corrected chi connectivity index (χ1v) is 7.36. The standard InChI is InChI=1S/C15H18N2S/c1-3-16-9-14-10(2)17-15(18-14)13-8-11-6-4-5-7-12(11)13/h4-7,13,16H,3,8-9H2,1-2H3. The van der Waals surface area contributed by atoms with Crippen molar-refractivity contribution in [3.8, 4) is 0 Å². The number of thiazole rings is 1. The van der Waals surface area contributed by atoms with Gasteiger partial charge in [0.25, 0.3) is 0 Å². The Morgan fingerprint density at radius 2 is 2.22 bits per heavy atom. The minimum Gasteiger partial charge on any atom is -0.312 e. The molecule has 94 valence electrons. The summed E-state index contributed by atoms with van der Waals surface area (Å²) in [6.07, 6.45) is 1.16. The Bertz CT molecular complexity index is 559. The molecule has 2 nitrogen and oxygen atoms in total. The third kappa shape index (κ3) is 1.98. The van der Waals surface area contributed by atoms with Gasteiger partial charge in [-0.15, -0.1) is 11.3 Å². The quantitative estimate of drug-likeness (QED) is 0.910. The molecule has 0 fully saturated rings. The molecule has 1 unspecified atom stereocenters. The molecule has 2 aromatic rings. The van der Waals surface area contributed by atoms with Gasteiger partial charge >= 0.3 is 0 Å². The van der Waals surface area contributed by atoms with Crippen LogP contribution in [-0.2, 0) is 13.0 Å². The van der Waals surface area contributed by atoms with Crippen molar-refractivity contribution in [1.82, 2.24) is 10.3 Å². The van der Waals surface area contributed by atoms with Crippen LogP contribution in [0, 0.1) is 6.92 Å². The largest absolute Gasteiger partial charge is 0.312 e. The van der Waals surface area contributed by atoms with Crippen molar-refractivity contribution in [1.29, 1.82) is 0 Å². The third-order valence-corrected chi connectivity index (χ3v) is 4.87. The van der Waals surface area contributed by atoms with E-state index in [1.54, 1.807) is 0 Å². The fourth-order valence-electron chi connectivity index (χ4n) is 2.48. The second kappa shape index (κ2) is 4.82. The number of aromatic nitrogens is 1. The Morgan fingerprint density at radius 1 is 1.39 bits per heavy atom. The topological polar surface area (TPSA) is 24.9 Å². The zero-order chi connectivity index (χ0) is 12.5. The number of hydrogen-bond donors (Lipinski definition) is 1. The highest BCUT2D eigenvalue weighted by atomic mass is 32.1.